The van der Waals surface area contributed by atoms with Crippen molar-refractivity contribution in [2.45, 2.75) is 25.4 Å². The number of nitriles is 1. The van der Waals surface area contributed by atoms with Crippen LogP contribution >= 0.6 is 0 Å². The molecule has 0 bridgehead atoms. The third-order valence-corrected chi connectivity index (χ3v) is 7.86. The van der Waals surface area contributed by atoms with Crippen molar-refractivity contribution in [2.75, 3.05) is 31.2 Å². The molecule has 1 aliphatic heterocycles. The maximum absolute atomic E-state index is 12.3. The molecule has 1 aliphatic rings. The van der Waals surface area contributed by atoms with Gasteiger partial charge in [-0.25, -0.2) is 19.7 Å². The number of methoxy groups -OCH3 is 1. The predicted molar refractivity (Wildman–Crippen MR) is 167 cm³/mol. The zero-order valence-electron chi connectivity index (χ0n) is 23.8. The number of pyridine rings is 1. The molecule has 1 saturated heterocycles. The summed E-state index contributed by atoms with van der Waals surface area (Å²) >= 11 is 0. The predicted octanol–water partition coefficient (Wildman–Crippen LogP) is 5.68. The van der Waals surface area contributed by atoms with Crippen molar-refractivity contribution in [3.8, 4) is 28.5 Å². The van der Waals surface area contributed by atoms with Gasteiger partial charge in [-0.15, -0.1) is 0 Å². The number of nitrogens with two attached hydrogens (primary N) is 1. The van der Waals surface area contributed by atoms with E-state index in [4.69, 9.17) is 20.7 Å². The normalized spacial score (nSPS) is 13.9. The number of fused-ring (bicyclic) bond motifs is 1. The monoisotopic (exact) mass is 569 g/mol. The number of nitrogen functional groups attached to an aromatic ring is 1. The summed E-state index contributed by atoms with van der Waals surface area (Å²) in [6.07, 6.45) is 3.60. The van der Waals surface area contributed by atoms with Crippen LogP contribution in [0.25, 0.3) is 33.3 Å². The molecule has 214 valence electrons. The van der Waals surface area contributed by atoms with Gasteiger partial charge in [0.2, 0.25) is 5.82 Å². The average molecular weight is 570 g/mol. The Balaban J connectivity index is 1.20. The van der Waals surface area contributed by atoms with Crippen LogP contribution in [0.4, 0.5) is 11.5 Å². The lowest BCUT2D eigenvalue weighted by Crippen LogP contribution is -2.38. The van der Waals surface area contributed by atoms with Gasteiger partial charge in [0.25, 0.3) is 0 Å². The second-order valence-electron chi connectivity index (χ2n) is 10.6. The van der Waals surface area contributed by atoms with E-state index in [0.717, 1.165) is 54.9 Å². The quantitative estimate of drug-likeness (QED) is 0.188. The molecule has 3 heterocycles. The lowest BCUT2D eigenvalue weighted by molar-refractivity contribution is 0.0602. The minimum absolute atomic E-state index is 0.178. The molecule has 0 radical (unpaired) electrons. The molecule has 9 nitrogen and oxygen atoms in total. The summed E-state index contributed by atoms with van der Waals surface area (Å²) in [7, 11) is 1.35. The number of hydrogen-bond donors (Lipinski definition) is 2. The smallest absolute Gasteiger partial charge is 0.339 e. The van der Waals surface area contributed by atoms with Crippen molar-refractivity contribution in [1.82, 2.24) is 19.9 Å². The molecule has 0 spiro atoms. The van der Waals surface area contributed by atoms with E-state index in [-0.39, 0.29) is 5.82 Å². The van der Waals surface area contributed by atoms with Gasteiger partial charge in [0, 0.05) is 48.4 Å². The number of nitrogens with zero attached hydrogens (tertiary/aromatic N) is 5. The molecule has 43 heavy (non-hydrogen) atoms. The number of benzene rings is 3. The SMILES string of the molecule is COC(=O)c1ccc2nc(-c3ccc(CN4CCC(Nc5ccnc(C#N)n5)CC4)cc3)c(-c3ccccc3)cc2c1N. The van der Waals surface area contributed by atoms with Gasteiger partial charge in [-0.2, -0.15) is 5.26 Å². The third kappa shape index (κ3) is 6.01. The fourth-order valence-electron chi connectivity index (χ4n) is 5.58. The lowest BCUT2D eigenvalue weighted by atomic mass is 9.95. The number of ether oxygens (including phenoxy) is 1. The maximum atomic E-state index is 12.3. The van der Waals surface area contributed by atoms with E-state index in [9.17, 15) is 4.79 Å². The zero-order valence-corrected chi connectivity index (χ0v) is 23.8. The van der Waals surface area contributed by atoms with Crippen LogP contribution in [0.15, 0.2) is 85.1 Å². The molecule has 6 rings (SSSR count). The molecular formula is C34H31N7O2. The average Bonchev–Trinajstić information content (AvgIpc) is 3.06. The van der Waals surface area contributed by atoms with Crippen LogP contribution in [0.1, 0.15) is 34.6 Å². The molecule has 0 unspecified atom stereocenters. The number of esters is 1. The van der Waals surface area contributed by atoms with Crippen LogP contribution in [0.5, 0.6) is 0 Å². The summed E-state index contributed by atoms with van der Waals surface area (Å²) in [5.74, 6) is 0.405. The largest absolute Gasteiger partial charge is 0.465 e. The highest BCUT2D eigenvalue weighted by atomic mass is 16.5. The highest BCUT2D eigenvalue weighted by Crippen LogP contribution is 2.36. The van der Waals surface area contributed by atoms with E-state index in [1.54, 1.807) is 18.3 Å². The van der Waals surface area contributed by atoms with Gasteiger partial charge in [-0.3, -0.25) is 4.90 Å². The van der Waals surface area contributed by atoms with Crippen molar-refractivity contribution >= 4 is 28.4 Å². The number of hydrogen-bond acceptors (Lipinski definition) is 9. The molecule has 0 atom stereocenters. The van der Waals surface area contributed by atoms with Gasteiger partial charge in [0.1, 0.15) is 11.9 Å². The first-order chi connectivity index (χ1) is 21.0. The molecule has 3 aromatic carbocycles. The maximum Gasteiger partial charge on any atom is 0.339 e. The fourth-order valence-corrected chi connectivity index (χ4v) is 5.58. The van der Waals surface area contributed by atoms with Crippen LogP contribution in [-0.4, -0.2) is 52.1 Å². The molecule has 0 saturated carbocycles. The summed E-state index contributed by atoms with van der Waals surface area (Å²) in [5, 5.41) is 13.2. The van der Waals surface area contributed by atoms with Crippen molar-refractivity contribution < 1.29 is 9.53 Å². The number of nitrogens with one attached hydrogen (secondary N) is 1. The molecule has 0 aliphatic carbocycles. The molecule has 3 N–H and O–H groups in total. The van der Waals surface area contributed by atoms with Crippen molar-refractivity contribution in [2.24, 2.45) is 0 Å². The van der Waals surface area contributed by atoms with Crippen molar-refractivity contribution in [3.63, 3.8) is 0 Å². The summed E-state index contributed by atoms with van der Waals surface area (Å²) in [4.78, 5) is 27.9. The van der Waals surface area contributed by atoms with Crippen LogP contribution in [0.2, 0.25) is 0 Å². The minimum atomic E-state index is -0.472. The van der Waals surface area contributed by atoms with Crippen molar-refractivity contribution in [3.05, 3.63) is 102 Å². The first-order valence-electron chi connectivity index (χ1n) is 14.2. The number of rotatable bonds is 7. The van der Waals surface area contributed by atoms with Gasteiger partial charge < -0.3 is 15.8 Å². The Bertz CT molecular complexity index is 1810. The van der Waals surface area contributed by atoms with E-state index in [2.05, 4.69) is 44.5 Å². The molecular weight excluding hydrogens is 538 g/mol. The van der Waals surface area contributed by atoms with E-state index in [0.29, 0.717) is 34.0 Å². The molecule has 5 aromatic rings. The number of carbonyl (C=O) groups is 1. The summed E-state index contributed by atoms with van der Waals surface area (Å²) in [5.41, 5.74) is 12.9. The van der Waals surface area contributed by atoms with Crippen LogP contribution in [0, 0.1) is 11.3 Å². The molecule has 0 amide bonds. The van der Waals surface area contributed by atoms with Gasteiger partial charge in [-0.05, 0) is 48.2 Å². The lowest BCUT2D eigenvalue weighted by Gasteiger charge is -2.32. The Morgan fingerprint density at radius 3 is 2.51 bits per heavy atom. The van der Waals surface area contributed by atoms with E-state index in [1.807, 2.05) is 48.5 Å². The highest BCUT2D eigenvalue weighted by Gasteiger charge is 2.21. The Morgan fingerprint density at radius 2 is 1.79 bits per heavy atom. The van der Waals surface area contributed by atoms with E-state index in [1.165, 1.54) is 12.7 Å². The number of anilines is 2. The number of carbonyl (C=O) groups excluding carboxylic acids is 1. The second-order valence-corrected chi connectivity index (χ2v) is 10.6. The Morgan fingerprint density at radius 1 is 1.02 bits per heavy atom. The van der Waals surface area contributed by atoms with E-state index < -0.39 is 5.97 Å². The molecule has 2 aromatic heterocycles. The topological polar surface area (TPSA) is 130 Å². The first-order valence-corrected chi connectivity index (χ1v) is 14.2. The summed E-state index contributed by atoms with van der Waals surface area (Å²) in [6.45, 7) is 2.80. The Kier molecular flexibility index (Phi) is 7.94. The van der Waals surface area contributed by atoms with Gasteiger partial charge >= 0.3 is 5.97 Å². The fraction of sp³-hybridized carbons (Fsp3) is 0.206. The van der Waals surface area contributed by atoms with E-state index >= 15 is 0 Å². The van der Waals surface area contributed by atoms with Crippen LogP contribution in [-0.2, 0) is 11.3 Å². The van der Waals surface area contributed by atoms with Gasteiger partial charge in [0.05, 0.1) is 29.6 Å². The second kappa shape index (κ2) is 12.3. The van der Waals surface area contributed by atoms with Crippen LogP contribution < -0.4 is 11.1 Å². The minimum Gasteiger partial charge on any atom is -0.465 e. The highest BCUT2D eigenvalue weighted by molar-refractivity contribution is 6.06. The number of likely N-dealkylation sites (tertiary alicyclic amines) is 1. The standard InChI is InChI=1S/C34H31N7O2/c1-43-34(42)26-11-12-29-28(32(26)36)19-27(23-5-3-2-4-6-23)33(39-29)24-9-7-22(8-10-24)21-41-17-14-25(15-18-41)38-30-13-16-37-31(20-35)40-30/h2-13,16,19,25H,14-15,17-18,21,36H2,1H3,(H,37,38,40). The van der Waals surface area contributed by atoms with Crippen LogP contribution in [0.3, 0.4) is 0 Å². The Hall–Kier alpha value is -5.33. The molecule has 9 heteroatoms. The number of piperidine rings is 1. The van der Waals surface area contributed by atoms with Gasteiger partial charge in [-0.1, -0.05) is 54.6 Å². The molecule has 1 fully saturated rings. The first kappa shape index (κ1) is 27.8. The summed E-state index contributed by atoms with van der Waals surface area (Å²) < 4.78 is 4.92. The van der Waals surface area contributed by atoms with Crippen molar-refractivity contribution in [1.29, 1.82) is 5.26 Å². The zero-order chi connectivity index (χ0) is 29.8. The third-order valence-electron chi connectivity index (χ3n) is 7.86. The number of aromatic nitrogens is 3. The summed E-state index contributed by atoms with van der Waals surface area (Å²) in [6, 6.07) is 28.3. The van der Waals surface area contributed by atoms with Gasteiger partial charge in [0.15, 0.2) is 0 Å². The Labute approximate surface area is 250 Å².